The highest BCUT2D eigenvalue weighted by atomic mass is 16.6. The molecule has 2 aliphatic rings. The lowest BCUT2D eigenvalue weighted by molar-refractivity contribution is -0.384. The van der Waals surface area contributed by atoms with Gasteiger partial charge in [0.05, 0.1) is 31.3 Å². The lowest BCUT2D eigenvalue weighted by Gasteiger charge is -2.52. The Bertz CT molecular complexity index is 1040. The molecule has 1 aliphatic carbocycles. The SMILES string of the molecule is COc1ccc([C@@H]2[C@@H]3CCCC[C@]3(O)CCN2CC(=O)Nc2ccc([N+](=O)[O-])cc2)cc1OC. The molecule has 0 unspecified atom stereocenters. The molecule has 0 aromatic heterocycles. The zero-order valence-electron chi connectivity index (χ0n) is 19.5. The standard InChI is InChI=1S/C25H31N3O6/c1-33-21-11-6-17(15-22(21)34-2)24-20-5-3-4-12-25(20,30)13-14-27(24)16-23(29)26-18-7-9-19(10-8-18)28(31)32/h6-11,15,20,24,30H,3-5,12-14,16H2,1-2H3,(H,26,29)/t20-,24+,25-/m0/s1. The molecule has 0 bridgehead atoms. The highest BCUT2D eigenvalue weighted by molar-refractivity contribution is 5.92. The first-order chi connectivity index (χ1) is 16.3. The van der Waals surface area contributed by atoms with Crippen LogP contribution in [-0.4, -0.2) is 53.7 Å². The van der Waals surface area contributed by atoms with Gasteiger partial charge in [-0.05, 0) is 49.1 Å². The summed E-state index contributed by atoms with van der Waals surface area (Å²) in [6, 6.07) is 11.4. The van der Waals surface area contributed by atoms with E-state index in [9.17, 15) is 20.0 Å². The number of nitro groups is 1. The van der Waals surface area contributed by atoms with Crippen molar-refractivity contribution in [1.29, 1.82) is 0 Å². The van der Waals surface area contributed by atoms with E-state index in [1.165, 1.54) is 24.3 Å². The van der Waals surface area contributed by atoms with E-state index in [4.69, 9.17) is 9.47 Å². The van der Waals surface area contributed by atoms with Crippen molar-refractivity contribution in [3.05, 3.63) is 58.1 Å². The van der Waals surface area contributed by atoms with Gasteiger partial charge in [0.1, 0.15) is 0 Å². The van der Waals surface area contributed by atoms with Crippen LogP contribution in [0.5, 0.6) is 11.5 Å². The zero-order chi connectivity index (χ0) is 24.3. The predicted molar refractivity (Wildman–Crippen MR) is 127 cm³/mol. The number of methoxy groups -OCH3 is 2. The second kappa shape index (κ2) is 9.99. The minimum atomic E-state index is -0.749. The third kappa shape index (κ3) is 4.85. The van der Waals surface area contributed by atoms with E-state index in [-0.39, 0.29) is 30.1 Å². The molecule has 2 fully saturated rings. The number of piperidine rings is 1. The van der Waals surface area contributed by atoms with E-state index in [1.54, 1.807) is 14.2 Å². The van der Waals surface area contributed by atoms with Crippen molar-refractivity contribution < 1.29 is 24.3 Å². The van der Waals surface area contributed by atoms with Crippen LogP contribution >= 0.6 is 0 Å². The van der Waals surface area contributed by atoms with E-state index in [2.05, 4.69) is 10.2 Å². The van der Waals surface area contributed by atoms with E-state index in [0.717, 1.165) is 31.2 Å². The second-order valence-electron chi connectivity index (χ2n) is 9.09. The quantitative estimate of drug-likeness (QED) is 0.467. The first-order valence-electron chi connectivity index (χ1n) is 11.6. The maximum atomic E-state index is 12.9. The van der Waals surface area contributed by atoms with Crippen LogP contribution in [-0.2, 0) is 4.79 Å². The summed E-state index contributed by atoms with van der Waals surface area (Å²) in [6.45, 7) is 0.724. The molecule has 34 heavy (non-hydrogen) atoms. The van der Waals surface area contributed by atoms with Gasteiger partial charge in [0, 0.05) is 36.3 Å². The Hall–Kier alpha value is -3.17. The first kappa shape index (κ1) is 24.0. The molecule has 4 rings (SSSR count). The van der Waals surface area contributed by atoms with Crippen LogP contribution in [0, 0.1) is 16.0 Å². The average molecular weight is 470 g/mol. The number of ether oxygens (including phenoxy) is 2. The number of nitrogens with zero attached hydrogens (tertiary/aromatic N) is 2. The number of rotatable bonds is 7. The fourth-order valence-electron chi connectivity index (χ4n) is 5.45. The van der Waals surface area contributed by atoms with Crippen molar-refractivity contribution >= 4 is 17.3 Å². The Balaban J connectivity index is 1.58. The number of carbonyl (C=O) groups excluding carboxylic acids is 1. The molecule has 2 N–H and O–H groups in total. The molecule has 1 aliphatic heterocycles. The number of amides is 1. The molecule has 2 aromatic carbocycles. The number of non-ortho nitro benzene ring substituents is 1. The summed E-state index contributed by atoms with van der Waals surface area (Å²) >= 11 is 0. The lowest BCUT2D eigenvalue weighted by atomic mass is 9.66. The zero-order valence-corrected chi connectivity index (χ0v) is 19.5. The summed E-state index contributed by atoms with van der Waals surface area (Å²) < 4.78 is 10.9. The average Bonchev–Trinajstić information content (AvgIpc) is 2.84. The fourth-order valence-corrected chi connectivity index (χ4v) is 5.45. The minimum Gasteiger partial charge on any atom is -0.493 e. The van der Waals surface area contributed by atoms with Crippen LogP contribution in [0.1, 0.15) is 43.7 Å². The Labute approximate surface area is 198 Å². The van der Waals surface area contributed by atoms with Crippen molar-refractivity contribution in [2.45, 2.75) is 43.7 Å². The summed E-state index contributed by atoms with van der Waals surface area (Å²) in [7, 11) is 3.18. The maximum Gasteiger partial charge on any atom is 0.269 e. The largest absolute Gasteiger partial charge is 0.493 e. The summed E-state index contributed by atoms with van der Waals surface area (Å²) in [5, 5.41) is 25.2. The molecular formula is C25H31N3O6. The molecular weight excluding hydrogens is 438 g/mol. The van der Waals surface area contributed by atoms with Crippen molar-refractivity contribution in [1.82, 2.24) is 4.90 Å². The molecule has 9 heteroatoms. The van der Waals surface area contributed by atoms with Gasteiger partial charge in [-0.25, -0.2) is 0 Å². The van der Waals surface area contributed by atoms with Crippen molar-refractivity contribution in [3.63, 3.8) is 0 Å². The van der Waals surface area contributed by atoms with Gasteiger partial charge in [-0.3, -0.25) is 19.8 Å². The molecule has 1 saturated carbocycles. The van der Waals surface area contributed by atoms with Crippen LogP contribution in [0.15, 0.2) is 42.5 Å². The number of anilines is 1. The number of hydrogen-bond acceptors (Lipinski definition) is 7. The van der Waals surface area contributed by atoms with Crippen LogP contribution in [0.3, 0.4) is 0 Å². The molecule has 182 valence electrons. The predicted octanol–water partition coefficient (Wildman–Crippen LogP) is 3.92. The van der Waals surface area contributed by atoms with Crippen LogP contribution in [0.4, 0.5) is 11.4 Å². The van der Waals surface area contributed by atoms with Gasteiger partial charge in [-0.2, -0.15) is 0 Å². The molecule has 1 saturated heterocycles. The highest BCUT2D eigenvalue weighted by Gasteiger charge is 2.49. The first-order valence-corrected chi connectivity index (χ1v) is 11.6. The van der Waals surface area contributed by atoms with E-state index >= 15 is 0 Å². The molecule has 0 radical (unpaired) electrons. The van der Waals surface area contributed by atoms with E-state index in [1.807, 2.05) is 18.2 Å². The van der Waals surface area contributed by atoms with Gasteiger partial charge < -0.3 is 19.9 Å². The summed E-state index contributed by atoms with van der Waals surface area (Å²) in [6.07, 6.45) is 4.32. The number of benzene rings is 2. The number of fused-ring (bicyclic) bond motifs is 1. The second-order valence-corrected chi connectivity index (χ2v) is 9.09. The third-order valence-electron chi connectivity index (χ3n) is 7.13. The highest BCUT2D eigenvalue weighted by Crippen LogP contribution is 2.50. The van der Waals surface area contributed by atoms with Crippen LogP contribution < -0.4 is 14.8 Å². The van der Waals surface area contributed by atoms with Gasteiger partial charge in [-0.15, -0.1) is 0 Å². The number of carbonyl (C=O) groups is 1. The molecule has 1 amide bonds. The van der Waals surface area contributed by atoms with Gasteiger partial charge in [0.15, 0.2) is 11.5 Å². The Morgan fingerprint density at radius 1 is 1.15 bits per heavy atom. The monoisotopic (exact) mass is 469 g/mol. The molecule has 3 atom stereocenters. The van der Waals surface area contributed by atoms with Gasteiger partial charge >= 0.3 is 0 Å². The Kier molecular flexibility index (Phi) is 7.04. The topological polar surface area (TPSA) is 114 Å². The number of nitrogens with one attached hydrogen (secondary N) is 1. The molecule has 0 spiro atoms. The minimum absolute atomic E-state index is 0.000255. The van der Waals surface area contributed by atoms with Gasteiger partial charge in [0.2, 0.25) is 5.91 Å². The van der Waals surface area contributed by atoms with Crippen LogP contribution in [0.2, 0.25) is 0 Å². The van der Waals surface area contributed by atoms with Crippen molar-refractivity contribution in [3.8, 4) is 11.5 Å². The van der Waals surface area contributed by atoms with Crippen molar-refractivity contribution in [2.75, 3.05) is 32.6 Å². The normalized spacial score (nSPS) is 24.7. The number of nitro benzene ring substituents is 1. The Morgan fingerprint density at radius 3 is 2.56 bits per heavy atom. The summed E-state index contributed by atoms with van der Waals surface area (Å²) in [4.78, 5) is 25.5. The molecule has 2 aromatic rings. The maximum absolute atomic E-state index is 12.9. The molecule has 1 heterocycles. The van der Waals surface area contributed by atoms with E-state index in [0.29, 0.717) is 30.2 Å². The van der Waals surface area contributed by atoms with Gasteiger partial charge in [0.25, 0.3) is 5.69 Å². The fraction of sp³-hybridized carbons (Fsp3) is 0.480. The summed E-state index contributed by atoms with van der Waals surface area (Å²) in [5.41, 5.74) is 0.705. The van der Waals surface area contributed by atoms with Gasteiger partial charge in [-0.1, -0.05) is 18.9 Å². The number of aliphatic hydroxyl groups is 1. The lowest BCUT2D eigenvalue weighted by Crippen LogP contribution is -2.56. The van der Waals surface area contributed by atoms with E-state index < -0.39 is 10.5 Å². The molecule has 9 nitrogen and oxygen atoms in total. The van der Waals surface area contributed by atoms with Crippen molar-refractivity contribution in [2.24, 2.45) is 5.92 Å². The summed E-state index contributed by atoms with van der Waals surface area (Å²) in [5.74, 6) is 1.03. The third-order valence-corrected chi connectivity index (χ3v) is 7.13. The number of likely N-dealkylation sites (tertiary alicyclic amines) is 1. The smallest absolute Gasteiger partial charge is 0.269 e. The van der Waals surface area contributed by atoms with Crippen LogP contribution in [0.25, 0.3) is 0 Å². The Morgan fingerprint density at radius 2 is 1.88 bits per heavy atom. The number of hydrogen-bond donors (Lipinski definition) is 2.